The van der Waals surface area contributed by atoms with Gasteiger partial charge in [0.15, 0.2) is 5.82 Å². The van der Waals surface area contributed by atoms with Crippen LogP contribution >= 0.6 is 0 Å². The Morgan fingerprint density at radius 3 is 3.00 bits per heavy atom. The van der Waals surface area contributed by atoms with E-state index in [4.69, 9.17) is 0 Å². The van der Waals surface area contributed by atoms with Gasteiger partial charge in [0.2, 0.25) is 0 Å². The summed E-state index contributed by atoms with van der Waals surface area (Å²) in [7, 11) is 2.08. The molecule has 1 heterocycles. The first-order chi connectivity index (χ1) is 7.65. The first-order valence-electron chi connectivity index (χ1n) is 5.63. The van der Waals surface area contributed by atoms with E-state index >= 15 is 0 Å². The van der Waals surface area contributed by atoms with Crippen molar-refractivity contribution < 1.29 is 0 Å². The van der Waals surface area contributed by atoms with Gasteiger partial charge in [0.1, 0.15) is 0 Å². The van der Waals surface area contributed by atoms with Crippen molar-refractivity contribution in [1.29, 1.82) is 0 Å². The fourth-order valence-corrected chi connectivity index (χ4v) is 1.36. The Hall–Kier alpha value is -1.36. The van der Waals surface area contributed by atoms with Crippen molar-refractivity contribution in [3.8, 4) is 0 Å². The monoisotopic (exact) mass is 224 g/mol. The third-order valence-corrected chi connectivity index (χ3v) is 2.81. The van der Waals surface area contributed by atoms with Crippen LogP contribution in [0.4, 0.5) is 5.82 Å². The summed E-state index contributed by atoms with van der Waals surface area (Å²) in [6.07, 6.45) is 4.22. The van der Waals surface area contributed by atoms with E-state index in [2.05, 4.69) is 41.1 Å². The predicted molar refractivity (Wildman–Crippen MR) is 65.7 cm³/mol. The molecule has 1 aromatic heterocycles. The summed E-state index contributed by atoms with van der Waals surface area (Å²) in [4.78, 5) is 20.1. The van der Waals surface area contributed by atoms with Crippen molar-refractivity contribution in [3.63, 3.8) is 0 Å². The van der Waals surface area contributed by atoms with Crippen LogP contribution in [0.3, 0.4) is 0 Å². The van der Waals surface area contributed by atoms with Crippen molar-refractivity contribution in [2.24, 2.45) is 0 Å². The van der Waals surface area contributed by atoms with E-state index in [9.17, 15) is 4.79 Å². The summed E-state index contributed by atoms with van der Waals surface area (Å²) in [6.45, 7) is 5.97. The number of aromatic amines is 1. The van der Waals surface area contributed by atoms with Crippen LogP contribution in [0, 0.1) is 0 Å². The fourth-order valence-electron chi connectivity index (χ4n) is 1.36. The van der Waals surface area contributed by atoms with Crippen molar-refractivity contribution in [2.75, 3.05) is 25.5 Å². The van der Waals surface area contributed by atoms with Crippen LogP contribution in [0.15, 0.2) is 17.2 Å². The molecule has 0 radical (unpaired) electrons. The van der Waals surface area contributed by atoms with E-state index in [0.29, 0.717) is 11.9 Å². The van der Waals surface area contributed by atoms with E-state index in [1.165, 1.54) is 6.20 Å². The van der Waals surface area contributed by atoms with Crippen molar-refractivity contribution in [3.05, 3.63) is 22.7 Å². The van der Waals surface area contributed by atoms with Crippen LogP contribution in [-0.2, 0) is 0 Å². The topological polar surface area (TPSA) is 61.0 Å². The molecule has 5 nitrogen and oxygen atoms in total. The van der Waals surface area contributed by atoms with Crippen LogP contribution in [0.5, 0.6) is 0 Å². The third-order valence-electron chi connectivity index (χ3n) is 2.81. The Kier molecular flexibility index (Phi) is 4.98. The van der Waals surface area contributed by atoms with E-state index in [-0.39, 0.29) is 5.56 Å². The molecule has 0 aliphatic carbocycles. The quantitative estimate of drug-likeness (QED) is 0.754. The molecule has 0 saturated carbocycles. The minimum absolute atomic E-state index is 0.173. The average molecular weight is 224 g/mol. The largest absolute Gasteiger partial charge is 0.364 e. The van der Waals surface area contributed by atoms with Crippen LogP contribution < -0.4 is 10.9 Å². The lowest BCUT2D eigenvalue weighted by atomic mass is 10.2. The highest BCUT2D eigenvalue weighted by molar-refractivity contribution is 5.29. The molecule has 1 rings (SSSR count). The van der Waals surface area contributed by atoms with E-state index in [0.717, 1.165) is 19.5 Å². The lowest BCUT2D eigenvalue weighted by Crippen LogP contribution is -2.33. The first kappa shape index (κ1) is 12.7. The zero-order valence-corrected chi connectivity index (χ0v) is 10.2. The number of nitrogens with zero attached hydrogens (tertiary/aromatic N) is 2. The Morgan fingerprint density at radius 1 is 1.62 bits per heavy atom. The number of rotatable bonds is 6. The maximum Gasteiger partial charge on any atom is 0.290 e. The van der Waals surface area contributed by atoms with Gasteiger partial charge in [0, 0.05) is 31.5 Å². The highest BCUT2D eigenvalue weighted by Crippen LogP contribution is 1.99. The van der Waals surface area contributed by atoms with E-state index in [1.807, 2.05) is 0 Å². The Balaban J connectivity index is 2.36. The van der Waals surface area contributed by atoms with Crippen LogP contribution in [-0.4, -0.2) is 41.0 Å². The Labute approximate surface area is 95.9 Å². The van der Waals surface area contributed by atoms with E-state index in [1.54, 1.807) is 6.20 Å². The van der Waals surface area contributed by atoms with Gasteiger partial charge in [0.25, 0.3) is 5.56 Å². The second kappa shape index (κ2) is 6.27. The smallest absolute Gasteiger partial charge is 0.290 e. The molecule has 2 N–H and O–H groups in total. The predicted octanol–water partition coefficient (Wildman–Crippen LogP) is 0.912. The van der Waals surface area contributed by atoms with E-state index < -0.39 is 0 Å². The van der Waals surface area contributed by atoms with Crippen LogP contribution in [0.2, 0.25) is 0 Å². The van der Waals surface area contributed by atoms with Gasteiger partial charge in [-0.15, -0.1) is 0 Å². The number of hydrogen-bond donors (Lipinski definition) is 2. The molecule has 5 heteroatoms. The van der Waals surface area contributed by atoms with Crippen LogP contribution in [0.1, 0.15) is 20.3 Å². The summed E-state index contributed by atoms with van der Waals surface area (Å²) in [6, 6.07) is 0.559. The average Bonchev–Trinajstić information content (AvgIpc) is 2.30. The molecule has 16 heavy (non-hydrogen) atoms. The zero-order valence-electron chi connectivity index (χ0n) is 10.2. The number of hydrogen-bond acceptors (Lipinski definition) is 4. The van der Waals surface area contributed by atoms with Crippen molar-refractivity contribution in [1.82, 2.24) is 14.9 Å². The molecule has 90 valence electrons. The maximum atomic E-state index is 11.3. The maximum absolute atomic E-state index is 11.3. The van der Waals surface area contributed by atoms with Crippen molar-refractivity contribution in [2.45, 2.75) is 26.3 Å². The summed E-state index contributed by atoms with van der Waals surface area (Å²) in [5.74, 6) is 0.389. The lowest BCUT2D eigenvalue weighted by molar-refractivity contribution is 0.261. The number of likely N-dealkylation sites (N-methyl/N-ethyl adjacent to an activating group) is 1. The van der Waals surface area contributed by atoms with Gasteiger partial charge in [0.05, 0.1) is 0 Å². The second-order valence-corrected chi connectivity index (χ2v) is 3.93. The third kappa shape index (κ3) is 3.66. The summed E-state index contributed by atoms with van der Waals surface area (Å²) in [5.41, 5.74) is -0.173. The van der Waals surface area contributed by atoms with Gasteiger partial charge >= 0.3 is 0 Å². The normalized spacial score (nSPS) is 12.8. The fraction of sp³-hybridized carbons (Fsp3) is 0.636. The van der Waals surface area contributed by atoms with Gasteiger partial charge in [-0.3, -0.25) is 4.79 Å². The van der Waals surface area contributed by atoms with Gasteiger partial charge in [-0.2, -0.15) is 0 Å². The summed E-state index contributed by atoms with van der Waals surface area (Å²) in [5, 5.41) is 3.03. The zero-order chi connectivity index (χ0) is 12.0. The molecule has 0 aliphatic heterocycles. The van der Waals surface area contributed by atoms with Gasteiger partial charge < -0.3 is 15.2 Å². The number of nitrogens with one attached hydrogen (secondary N) is 2. The summed E-state index contributed by atoms with van der Waals surface area (Å²) < 4.78 is 0. The summed E-state index contributed by atoms with van der Waals surface area (Å²) >= 11 is 0. The molecule has 1 atom stereocenters. The van der Waals surface area contributed by atoms with Gasteiger partial charge in [-0.25, -0.2) is 4.98 Å². The number of anilines is 1. The molecule has 0 aromatic carbocycles. The Morgan fingerprint density at radius 2 is 2.38 bits per heavy atom. The number of aromatic nitrogens is 2. The molecule has 0 bridgehead atoms. The van der Waals surface area contributed by atoms with Gasteiger partial charge in [-0.1, -0.05) is 6.92 Å². The molecular formula is C11H20N4O. The standard InChI is InChI=1S/C11H20N4O/c1-4-9(2)15(3)8-7-13-10-11(16)14-6-5-12-10/h5-6,9H,4,7-8H2,1-3H3,(H,12,13)(H,14,16). The second-order valence-electron chi connectivity index (χ2n) is 3.93. The molecule has 0 spiro atoms. The van der Waals surface area contributed by atoms with Crippen molar-refractivity contribution >= 4 is 5.82 Å². The van der Waals surface area contributed by atoms with Crippen LogP contribution in [0.25, 0.3) is 0 Å². The SMILES string of the molecule is CCC(C)N(C)CCNc1ncc[nH]c1=O. The molecule has 1 aromatic rings. The minimum Gasteiger partial charge on any atom is -0.364 e. The molecule has 1 unspecified atom stereocenters. The molecule has 0 amide bonds. The highest BCUT2D eigenvalue weighted by atomic mass is 16.1. The molecule has 0 aliphatic rings. The number of H-pyrrole nitrogens is 1. The highest BCUT2D eigenvalue weighted by Gasteiger charge is 2.06. The molecular weight excluding hydrogens is 204 g/mol. The Bertz CT molecular complexity index is 363. The lowest BCUT2D eigenvalue weighted by Gasteiger charge is -2.23. The first-order valence-corrected chi connectivity index (χ1v) is 5.63. The minimum atomic E-state index is -0.173. The molecule has 0 fully saturated rings. The molecule has 0 saturated heterocycles. The van der Waals surface area contributed by atoms with Gasteiger partial charge in [-0.05, 0) is 20.4 Å².